The van der Waals surface area contributed by atoms with Gasteiger partial charge in [0.1, 0.15) is 0 Å². The summed E-state index contributed by atoms with van der Waals surface area (Å²) in [6, 6.07) is 2.55. The lowest BCUT2D eigenvalue weighted by atomic mass is 10.2. The van der Waals surface area contributed by atoms with Crippen molar-refractivity contribution in [2.45, 2.75) is 0 Å². The average molecular weight is 223 g/mol. The Balaban J connectivity index is 3.38. The molecule has 0 saturated heterocycles. The number of hydrogen-bond acceptors (Lipinski definition) is 2. The number of methoxy groups -OCH3 is 1. The van der Waals surface area contributed by atoms with Crippen molar-refractivity contribution in [3.63, 3.8) is 0 Å². The zero-order chi connectivity index (χ0) is 10.0. The quantitative estimate of drug-likeness (QED) is 0.720. The Kier molecular flexibility index (Phi) is 3.12. The van der Waals surface area contributed by atoms with Crippen LogP contribution in [0.5, 0.6) is 5.75 Å². The Morgan fingerprint density at radius 2 is 2.15 bits per heavy atom. The molecule has 0 aliphatic heterocycles. The van der Waals surface area contributed by atoms with Crippen LogP contribution in [-0.2, 0) is 0 Å². The summed E-state index contributed by atoms with van der Waals surface area (Å²) in [5, 5.41) is -0.897. The number of hydrogen-bond donors (Lipinski definition) is 0. The number of benzene rings is 1. The summed E-state index contributed by atoms with van der Waals surface area (Å²) in [5.41, 5.74) is -0.0360. The summed E-state index contributed by atoms with van der Waals surface area (Å²) in [6.45, 7) is 0. The third-order valence-electron chi connectivity index (χ3n) is 1.47. The van der Waals surface area contributed by atoms with Crippen molar-refractivity contribution in [3.05, 3.63) is 28.5 Å². The van der Waals surface area contributed by atoms with E-state index >= 15 is 0 Å². The van der Waals surface area contributed by atoms with Gasteiger partial charge in [0.25, 0.3) is 5.24 Å². The molecule has 0 heterocycles. The molecule has 1 aromatic rings. The fraction of sp³-hybridized carbons (Fsp3) is 0.125. The smallest absolute Gasteiger partial charge is 0.256 e. The van der Waals surface area contributed by atoms with Gasteiger partial charge in [-0.25, -0.2) is 4.39 Å². The monoisotopic (exact) mass is 222 g/mol. The number of carbonyl (C=O) groups is 1. The topological polar surface area (TPSA) is 26.3 Å². The highest BCUT2D eigenvalue weighted by molar-refractivity contribution is 6.68. The van der Waals surface area contributed by atoms with E-state index in [1.807, 2.05) is 0 Å². The number of carbonyl (C=O) groups excluding carboxylic acids is 1. The molecular formula is C8H5Cl2FO2. The lowest BCUT2D eigenvalue weighted by Gasteiger charge is -2.06. The van der Waals surface area contributed by atoms with Gasteiger partial charge < -0.3 is 4.74 Å². The summed E-state index contributed by atoms with van der Waals surface area (Å²) in [6.07, 6.45) is 0. The molecule has 13 heavy (non-hydrogen) atoms. The van der Waals surface area contributed by atoms with Crippen LogP contribution in [0.15, 0.2) is 12.1 Å². The van der Waals surface area contributed by atoms with Crippen LogP contribution in [0.3, 0.4) is 0 Å². The maximum Gasteiger partial charge on any atom is 0.256 e. The Morgan fingerprint density at radius 1 is 1.54 bits per heavy atom. The van der Waals surface area contributed by atoms with E-state index in [0.717, 1.165) is 0 Å². The summed E-state index contributed by atoms with van der Waals surface area (Å²) in [5.74, 6) is -1.01. The van der Waals surface area contributed by atoms with E-state index in [-0.39, 0.29) is 16.3 Å². The third-order valence-corrected chi connectivity index (χ3v) is 1.96. The minimum atomic E-state index is -0.785. The van der Waals surface area contributed by atoms with Crippen LogP contribution in [0.2, 0.25) is 5.02 Å². The first-order valence-electron chi connectivity index (χ1n) is 3.29. The van der Waals surface area contributed by atoms with Crippen LogP contribution < -0.4 is 4.74 Å². The molecule has 0 bridgehead atoms. The van der Waals surface area contributed by atoms with E-state index in [0.29, 0.717) is 0 Å². The summed E-state index contributed by atoms with van der Waals surface area (Å²) < 4.78 is 17.8. The van der Waals surface area contributed by atoms with Crippen molar-refractivity contribution in [2.75, 3.05) is 7.11 Å². The first-order valence-corrected chi connectivity index (χ1v) is 4.05. The zero-order valence-electron chi connectivity index (χ0n) is 6.61. The van der Waals surface area contributed by atoms with Crippen molar-refractivity contribution in [1.29, 1.82) is 0 Å². The molecule has 1 aromatic carbocycles. The van der Waals surface area contributed by atoms with Gasteiger partial charge in [-0.15, -0.1) is 0 Å². The van der Waals surface area contributed by atoms with Crippen molar-refractivity contribution in [3.8, 4) is 5.75 Å². The van der Waals surface area contributed by atoms with Crippen LogP contribution in [-0.4, -0.2) is 12.4 Å². The molecule has 1 rings (SSSR count). The van der Waals surface area contributed by atoms with Gasteiger partial charge in [-0.1, -0.05) is 11.6 Å². The molecule has 0 atom stereocenters. The highest BCUT2D eigenvalue weighted by Crippen LogP contribution is 2.29. The molecule has 0 fully saturated rings. The lowest BCUT2D eigenvalue weighted by Crippen LogP contribution is -1.98. The Morgan fingerprint density at radius 3 is 2.62 bits per heavy atom. The predicted molar refractivity (Wildman–Crippen MR) is 48.1 cm³/mol. The number of halogens is 3. The first-order chi connectivity index (χ1) is 6.07. The van der Waals surface area contributed by atoms with Gasteiger partial charge in [0.15, 0.2) is 11.6 Å². The van der Waals surface area contributed by atoms with E-state index in [2.05, 4.69) is 4.74 Å². The molecule has 0 aromatic heterocycles. The fourth-order valence-electron chi connectivity index (χ4n) is 0.886. The standard InChI is InChI=1S/C8H5Cl2FO2/c1-13-7-4(8(10)12)2-3-5(9)6(7)11/h2-3H,1H3. The molecule has 0 amide bonds. The van der Waals surface area contributed by atoms with Gasteiger partial charge in [-0.3, -0.25) is 4.79 Å². The van der Waals surface area contributed by atoms with Crippen LogP contribution in [0, 0.1) is 5.82 Å². The third kappa shape index (κ3) is 1.92. The molecule has 0 unspecified atom stereocenters. The Hall–Kier alpha value is -0.800. The van der Waals surface area contributed by atoms with Crippen molar-refractivity contribution in [1.82, 2.24) is 0 Å². The molecule has 0 radical (unpaired) electrons. The largest absolute Gasteiger partial charge is 0.493 e. The molecule has 0 aliphatic carbocycles. The molecule has 0 saturated carbocycles. The molecular weight excluding hydrogens is 218 g/mol. The van der Waals surface area contributed by atoms with Gasteiger partial charge in [0.05, 0.1) is 17.7 Å². The zero-order valence-corrected chi connectivity index (χ0v) is 8.12. The average Bonchev–Trinajstić information content (AvgIpc) is 2.09. The maximum absolute atomic E-state index is 13.2. The van der Waals surface area contributed by atoms with Gasteiger partial charge in [0, 0.05) is 0 Å². The first kappa shape index (κ1) is 10.3. The van der Waals surface area contributed by atoms with Gasteiger partial charge in [-0.2, -0.15) is 0 Å². The van der Waals surface area contributed by atoms with Gasteiger partial charge >= 0.3 is 0 Å². The normalized spacial score (nSPS) is 9.85. The van der Waals surface area contributed by atoms with Crippen LogP contribution in [0.1, 0.15) is 10.4 Å². The lowest BCUT2D eigenvalue weighted by molar-refractivity contribution is 0.107. The predicted octanol–water partition coefficient (Wildman–Crippen LogP) is 2.87. The minimum Gasteiger partial charge on any atom is -0.493 e. The molecule has 2 nitrogen and oxygen atoms in total. The highest BCUT2D eigenvalue weighted by Gasteiger charge is 2.16. The van der Waals surface area contributed by atoms with Crippen molar-refractivity contribution >= 4 is 28.4 Å². The molecule has 0 spiro atoms. The summed E-state index contributed by atoms with van der Waals surface area (Å²) in [4.78, 5) is 10.8. The SMILES string of the molecule is COc1c(C(=O)Cl)ccc(Cl)c1F. The van der Waals surface area contributed by atoms with E-state index in [1.54, 1.807) is 0 Å². The van der Waals surface area contributed by atoms with Gasteiger partial charge in [0.2, 0.25) is 0 Å². The van der Waals surface area contributed by atoms with Crippen molar-refractivity contribution in [2.24, 2.45) is 0 Å². The van der Waals surface area contributed by atoms with E-state index in [1.165, 1.54) is 19.2 Å². The summed E-state index contributed by atoms with van der Waals surface area (Å²) in [7, 11) is 1.23. The molecule has 0 aliphatic rings. The molecule has 0 N–H and O–H groups in total. The molecule has 70 valence electrons. The van der Waals surface area contributed by atoms with Crippen LogP contribution in [0.25, 0.3) is 0 Å². The van der Waals surface area contributed by atoms with Crippen LogP contribution >= 0.6 is 23.2 Å². The molecule has 5 heteroatoms. The summed E-state index contributed by atoms with van der Waals surface area (Å²) >= 11 is 10.6. The van der Waals surface area contributed by atoms with Crippen LogP contribution in [0.4, 0.5) is 4.39 Å². The second kappa shape index (κ2) is 3.94. The second-order valence-electron chi connectivity index (χ2n) is 2.22. The van der Waals surface area contributed by atoms with E-state index in [9.17, 15) is 9.18 Å². The van der Waals surface area contributed by atoms with Crippen molar-refractivity contribution < 1.29 is 13.9 Å². The maximum atomic E-state index is 13.2. The Labute approximate surface area is 84.2 Å². The van der Waals surface area contributed by atoms with E-state index in [4.69, 9.17) is 23.2 Å². The Bertz CT molecular complexity index is 352. The fourth-order valence-corrected chi connectivity index (χ4v) is 1.18. The van der Waals surface area contributed by atoms with E-state index < -0.39 is 11.1 Å². The number of ether oxygens (including phenoxy) is 1. The number of rotatable bonds is 2. The minimum absolute atomic E-state index is 0.0360. The second-order valence-corrected chi connectivity index (χ2v) is 2.97. The van der Waals surface area contributed by atoms with Gasteiger partial charge in [-0.05, 0) is 23.7 Å². The highest BCUT2D eigenvalue weighted by atomic mass is 35.5.